The molecule has 0 aliphatic rings. The first-order chi connectivity index (χ1) is 15.3. The van der Waals surface area contributed by atoms with E-state index in [4.69, 9.17) is 9.47 Å². The summed E-state index contributed by atoms with van der Waals surface area (Å²) in [6.07, 6.45) is -0.642. The first-order valence-electron chi connectivity index (χ1n) is 10.5. The number of hydrogen-bond acceptors (Lipinski definition) is 5. The van der Waals surface area contributed by atoms with E-state index in [1.165, 1.54) is 24.3 Å². The molecule has 0 amide bonds. The summed E-state index contributed by atoms with van der Waals surface area (Å²) in [5, 5.41) is 14.9. The average molecular weight is 446 g/mol. The minimum atomic E-state index is -0.642. The van der Waals surface area contributed by atoms with Crippen LogP contribution in [0.2, 0.25) is 0 Å². The Morgan fingerprint density at radius 3 is 2.19 bits per heavy atom. The van der Waals surface area contributed by atoms with Crippen LogP contribution in [0.15, 0.2) is 48.5 Å². The lowest BCUT2D eigenvalue weighted by molar-refractivity contribution is 0.0277. The Balaban J connectivity index is 2.01. The molecule has 0 spiro atoms. The van der Waals surface area contributed by atoms with E-state index in [-0.39, 0.29) is 24.3 Å². The number of aliphatic hydroxyl groups excluding tert-OH is 1. The van der Waals surface area contributed by atoms with Gasteiger partial charge in [-0.3, -0.25) is 4.90 Å². The predicted octanol–water partition coefficient (Wildman–Crippen LogP) is 4.47. The standard InChI is InChI=1S/C24H29F2N3O3/c1-16(2)28(13-21(30)15-31-4)14-23-17(3)27-29(20-9-5-18(25)6-10-20)24(23)32-22-11-7-19(26)8-12-22/h5-12,16,21,30H,13-15H2,1-4H3/t21-/m0/s1. The Morgan fingerprint density at radius 1 is 1.03 bits per heavy atom. The number of nitrogens with zero attached hydrogens (tertiary/aromatic N) is 3. The number of hydrogen-bond donors (Lipinski definition) is 1. The van der Waals surface area contributed by atoms with Gasteiger partial charge in [0.05, 0.1) is 29.7 Å². The molecule has 0 radical (unpaired) electrons. The molecule has 0 unspecified atom stereocenters. The number of rotatable bonds is 10. The molecule has 6 nitrogen and oxygen atoms in total. The maximum atomic E-state index is 13.5. The van der Waals surface area contributed by atoms with Crippen LogP contribution in [0.25, 0.3) is 5.69 Å². The molecular weight excluding hydrogens is 416 g/mol. The van der Waals surface area contributed by atoms with Crippen LogP contribution in [0.5, 0.6) is 11.6 Å². The van der Waals surface area contributed by atoms with Crippen LogP contribution in [0.3, 0.4) is 0 Å². The quantitative estimate of drug-likeness (QED) is 0.499. The zero-order chi connectivity index (χ0) is 23.3. The number of benzene rings is 2. The van der Waals surface area contributed by atoms with Crippen LogP contribution in [-0.2, 0) is 11.3 Å². The zero-order valence-corrected chi connectivity index (χ0v) is 18.8. The molecule has 0 saturated heterocycles. The molecule has 8 heteroatoms. The molecule has 32 heavy (non-hydrogen) atoms. The van der Waals surface area contributed by atoms with E-state index < -0.39 is 6.10 Å². The molecule has 1 N–H and O–H groups in total. The van der Waals surface area contributed by atoms with Crippen molar-refractivity contribution >= 4 is 0 Å². The highest BCUT2D eigenvalue weighted by molar-refractivity contribution is 5.43. The van der Waals surface area contributed by atoms with Crippen LogP contribution in [0, 0.1) is 18.6 Å². The monoisotopic (exact) mass is 445 g/mol. The number of aliphatic hydroxyl groups is 1. The summed E-state index contributed by atoms with van der Waals surface area (Å²) in [5.41, 5.74) is 2.18. The van der Waals surface area contributed by atoms with Gasteiger partial charge in [0.2, 0.25) is 5.88 Å². The molecule has 0 fully saturated rings. The molecular formula is C24H29F2N3O3. The van der Waals surface area contributed by atoms with Crippen molar-refractivity contribution in [3.8, 4) is 17.3 Å². The fraction of sp³-hybridized carbons (Fsp3) is 0.375. The van der Waals surface area contributed by atoms with Crippen molar-refractivity contribution in [1.82, 2.24) is 14.7 Å². The normalized spacial score (nSPS) is 12.5. The van der Waals surface area contributed by atoms with Crippen LogP contribution >= 0.6 is 0 Å². The van der Waals surface area contributed by atoms with Crippen LogP contribution in [0.1, 0.15) is 25.1 Å². The largest absolute Gasteiger partial charge is 0.439 e. The highest BCUT2D eigenvalue weighted by Crippen LogP contribution is 2.32. The second kappa shape index (κ2) is 10.7. The predicted molar refractivity (Wildman–Crippen MR) is 118 cm³/mol. The van der Waals surface area contributed by atoms with Gasteiger partial charge in [0.15, 0.2) is 0 Å². The third-order valence-electron chi connectivity index (χ3n) is 5.13. The summed E-state index contributed by atoms with van der Waals surface area (Å²) < 4.78 is 39.7. The summed E-state index contributed by atoms with van der Waals surface area (Å²) in [5.74, 6) is 0.190. The Morgan fingerprint density at radius 2 is 1.62 bits per heavy atom. The second-order valence-electron chi connectivity index (χ2n) is 7.95. The molecule has 1 heterocycles. The summed E-state index contributed by atoms with van der Waals surface area (Å²) in [4.78, 5) is 2.10. The van der Waals surface area contributed by atoms with E-state index in [1.807, 2.05) is 20.8 Å². The minimum absolute atomic E-state index is 0.133. The smallest absolute Gasteiger partial charge is 0.227 e. The number of aromatic nitrogens is 2. The summed E-state index contributed by atoms with van der Waals surface area (Å²) >= 11 is 0. The Bertz CT molecular complexity index is 1000. The second-order valence-corrected chi connectivity index (χ2v) is 7.95. The van der Waals surface area contributed by atoms with Gasteiger partial charge in [-0.25, -0.2) is 13.5 Å². The van der Waals surface area contributed by atoms with Crippen molar-refractivity contribution in [2.45, 2.75) is 39.5 Å². The number of aryl methyl sites for hydroxylation is 1. The topological polar surface area (TPSA) is 59.8 Å². The molecule has 3 aromatic rings. The molecule has 0 aliphatic heterocycles. The van der Waals surface area contributed by atoms with Crippen molar-refractivity contribution in [2.75, 3.05) is 20.3 Å². The van der Waals surface area contributed by atoms with Crippen molar-refractivity contribution < 1.29 is 23.4 Å². The van der Waals surface area contributed by atoms with E-state index in [0.717, 1.165) is 11.3 Å². The average Bonchev–Trinajstić information content (AvgIpc) is 3.05. The van der Waals surface area contributed by atoms with E-state index in [9.17, 15) is 13.9 Å². The lowest BCUT2D eigenvalue weighted by Gasteiger charge is -2.28. The molecule has 172 valence electrons. The van der Waals surface area contributed by atoms with E-state index in [2.05, 4.69) is 10.00 Å². The van der Waals surface area contributed by atoms with Crippen LogP contribution in [0.4, 0.5) is 8.78 Å². The van der Waals surface area contributed by atoms with Gasteiger partial charge in [-0.1, -0.05) is 0 Å². The fourth-order valence-corrected chi connectivity index (χ4v) is 3.37. The van der Waals surface area contributed by atoms with E-state index >= 15 is 0 Å². The summed E-state index contributed by atoms with van der Waals surface area (Å²) in [6.45, 7) is 7.05. The highest BCUT2D eigenvalue weighted by Gasteiger charge is 2.24. The molecule has 1 aromatic heterocycles. The fourth-order valence-electron chi connectivity index (χ4n) is 3.37. The molecule has 0 aliphatic carbocycles. The highest BCUT2D eigenvalue weighted by atomic mass is 19.1. The minimum Gasteiger partial charge on any atom is -0.439 e. The van der Waals surface area contributed by atoms with Crippen molar-refractivity contribution in [2.24, 2.45) is 0 Å². The lowest BCUT2D eigenvalue weighted by atomic mass is 10.2. The van der Waals surface area contributed by atoms with Gasteiger partial charge in [-0.15, -0.1) is 0 Å². The maximum absolute atomic E-state index is 13.5. The Kier molecular flexibility index (Phi) is 7.95. The summed E-state index contributed by atoms with van der Waals surface area (Å²) in [6, 6.07) is 11.8. The first kappa shape index (κ1) is 23.8. The number of halogens is 2. The zero-order valence-electron chi connectivity index (χ0n) is 18.8. The molecule has 3 rings (SSSR count). The van der Waals surface area contributed by atoms with E-state index in [0.29, 0.717) is 30.4 Å². The molecule has 0 bridgehead atoms. The number of methoxy groups -OCH3 is 1. The van der Waals surface area contributed by atoms with Gasteiger partial charge in [-0.2, -0.15) is 5.10 Å². The SMILES string of the molecule is COC[C@@H](O)CN(Cc1c(C)nn(-c2ccc(F)cc2)c1Oc1ccc(F)cc1)C(C)C. The van der Waals surface area contributed by atoms with Gasteiger partial charge in [-0.05, 0) is 69.3 Å². The third kappa shape index (κ3) is 5.91. The van der Waals surface area contributed by atoms with Crippen molar-refractivity contribution in [1.29, 1.82) is 0 Å². The van der Waals surface area contributed by atoms with Crippen LogP contribution < -0.4 is 4.74 Å². The first-order valence-corrected chi connectivity index (χ1v) is 10.5. The van der Waals surface area contributed by atoms with E-state index in [1.54, 1.807) is 36.1 Å². The van der Waals surface area contributed by atoms with Gasteiger partial charge >= 0.3 is 0 Å². The third-order valence-corrected chi connectivity index (χ3v) is 5.13. The lowest BCUT2D eigenvalue weighted by Crippen LogP contribution is -2.38. The van der Waals surface area contributed by atoms with Gasteiger partial charge in [0.1, 0.15) is 17.4 Å². The number of ether oxygens (including phenoxy) is 2. The van der Waals surface area contributed by atoms with Gasteiger partial charge in [0.25, 0.3) is 0 Å². The van der Waals surface area contributed by atoms with Crippen LogP contribution in [-0.4, -0.2) is 52.2 Å². The molecule has 0 saturated carbocycles. The van der Waals surface area contributed by atoms with Crippen molar-refractivity contribution in [3.05, 3.63) is 71.4 Å². The molecule has 2 aromatic carbocycles. The maximum Gasteiger partial charge on any atom is 0.227 e. The van der Waals surface area contributed by atoms with Gasteiger partial charge < -0.3 is 14.6 Å². The summed E-state index contributed by atoms with van der Waals surface area (Å²) in [7, 11) is 1.55. The van der Waals surface area contributed by atoms with Gasteiger partial charge in [0, 0.05) is 26.2 Å². The molecule has 1 atom stereocenters. The Hall–Kier alpha value is -2.81. The van der Waals surface area contributed by atoms with Crippen molar-refractivity contribution in [3.63, 3.8) is 0 Å². The Labute approximate surface area is 187 Å².